The Morgan fingerprint density at radius 3 is 2.48 bits per heavy atom. The summed E-state index contributed by atoms with van der Waals surface area (Å²) in [4.78, 5) is 4.48. The van der Waals surface area contributed by atoms with Crippen molar-refractivity contribution in [2.45, 2.75) is 33.7 Å². The number of nitrogens with one attached hydrogen (secondary N) is 2. The van der Waals surface area contributed by atoms with Gasteiger partial charge in [0.05, 0.1) is 13.2 Å². The summed E-state index contributed by atoms with van der Waals surface area (Å²) in [6.45, 7) is 9.88. The molecule has 132 valence electrons. The van der Waals surface area contributed by atoms with E-state index in [1.807, 2.05) is 6.92 Å². The molecule has 0 radical (unpaired) electrons. The number of benzene rings is 1. The highest BCUT2D eigenvalue weighted by molar-refractivity contribution is 14.0. The number of nitrogens with zero attached hydrogens (tertiary/aromatic N) is 1. The van der Waals surface area contributed by atoms with Crippen LogP contribution in [0.3, 0.4) is 0 Å². The molecule has 1 aromatic rings. The van der Waals surface area contributed by atoms with Crippen molar-refractivity contribution in [1.82, 2.24) is 10.6 Å². The van der Waals surface area contributed by atoms with Gasteiger partial charge in [0.15, 0.2) is 5.96 Å². The van der Waals surface area contributed by atoms with Crippen LogP contribution in [0.1, 0.15) is 32.8 Å². The molecule has 0 bridgehead atoms. The smallest absolute Gasteiger partial charge is 0.191 e. The molecule has 6 heteroatoms. The van der Waals surface area contributed by atoms with Gasteiger partial charge in [-0.3, -0.25) is 0 Å². The van der Waals surface area contributed by atoms with Gasteiger partial charge in [0.1, 0.15) is 5.82 Å². The minimum Gasteiger partial charge on any atom is -0.380 e. The Kier molecular flexibility index (Phi) is 13.0. The molecule has 23 heavy (non-hydrogen) atoms. The van der Waals surface area contributed by atoms with Crippen LogP contribution >= 0.6 is 24.0 Å². The average Bonchev–Trinajstić information content (AvgIpc) is 2.49. The fourth-order valence-electron chi connectivity index (χ4n) is 1.76. The summed E-state index contributed by atoms with van der Waals surface area (Å²) in [6.07, 6.45) is 1.08. The highest BCUT2D eigenvalue weighted by atomic mass is 127. The zero-order chi connectivity index (χ0) is 16.2. The molecule has 4 nitrogen and oxygen atoms in total. The highest BCUT2D eigenvalue weighted by Crippen LogP contribution is 2.03. The second kappa shape index (κ2) is 13.5. The van der Waals surface area contributed by atoms with E-state index in [4.69, 9.17) is 4.74 Å². The van der Waals surface area contributed by atoms with Crippen LogP contribution in [0, 0.1) is 11.7 Å². The van der Waals surface area contributed by atoms with E-state index in [0.29, 0.717) is 25.6 Å². The standard InChI is InChI=1S/C17H28FN3O.HI/c1-4-19-17(20-10-12-22-11-9-14(2)3)21-13-15-5-7-16(18)8-6-15;/h5-8,14H,4,9-13H2,1-3H3,(H2,19,20,21);1H. The van der Waals surface area contributed by atoms with Crippen LogP contribution in [0.5, 0.6) is 0 Å². The van der Waals surface area contributed by atoms with Crippen molar-refractivity contribution < 1.29 is 9.13 Å². The Balaban J connectivity index is 0.00000484. The molecular weight excluding hydrogens is 408 g/mol. The molecule has 0 atom stereocenters. The van der Waals surface area contributed by atoms with Gasteiger partial charge in [-0.2, -0.15) is 0 Å². The Morgan fingerprint density at radius 2 is 1.87 bits per heavy atom. The van der Waals surface area contributed by atoms with E-state index in [1.165, 1.54) is 12.1 Å². The minimum atomic E-state index is -0.226. The fourth-order valence-corrected chi connectivity index (χ4v) is 1.76. The van der Waals surface area contributed by atoms with E-state index in [1.54, 1.807) is 12.1 Å². The molecule has 0 fully saturated rings. The lowest BCUT2D eigenvalue weighted by atomic mass is 10.1. The number of halogens is 2. The number of guanidine groups is 1. The highest BCUT2D eigenvalue weighted by Gasteiger charge is 1.99. The van der Waals surface area contributed by atoms with Crippen LogP contribution < -0.4 is 10.6 Å². The topological polar surface area (TPSA) is 45.7 Å². The first kappa shape index (κ1) is 22.1. The maximum Gasteiger partial charge on any atom is 0.191 e. The predicted octanol–water partition coefficient (Wildman–Crippen LogP) is 3.56. The quantitative estimate of drug-likeness (QED) is 0.269. The Bertz CT molecular complexity index is 438. The van der Waals surface area contributed by atoms with Crippen molar-refractivity contribution in [3.63, 3.8) is 0 Å². The lowest BCUT2D eigenvalue weighted by Gasteiger charge is -2.12. The van der Waals surface area contributed by atoms with Crippen molar-refractivity contribution in [3.05, 3.63) is 35.6 Å². The first-order valence-electron chi connectivity index (χ1n) is 7.96. The molecule has 1 aromatic carbocycles. The molecule has 2 N–H and O–H groups in total. The number of hydrogen-bond donors (Lipinski definition) is 2. The Morgan fingerprint density at radius 1 is 1.17 bits per heavy atom. The van der Waals surface area contributed by atoms with Crippen molar-refractivity contribution in [3.8, 4) is 0 Å². The summed E-state index contributed by atoms with van der Waals surface area (Å²) >= 11 is 0. The number of aliphatic imine (C=N–C) groups is 1. The van der Waals surface area contributed by atoms with Crippen LogP contribution in [0.25, 0.3) is 0 Å². The molecule has 0 saturated carbocycles. The first-order chi connectivity index (χ1) is 10.6. The van der Waals surface area contributed by atoms with Gasteiger partial charge >= 0.3 is 0 Å². The van der Waals surface area contributed by atoms with Gasteiger partial charge < -0.3 is 15.4 Å². The van der Waals surface area contributed by atoms with Crippen LogP contribution in [0.15, 0.2) is 29.3 Å². The molecule has 0 unspecified atom stereocenters. The summed E-state index contributed by atoms with van der Waals surface area (Å²) in [5, 5.41) is 6.41. The molecule has 0 saturated heterocycles. The molecule has 0 heterocycles. The largest absolute Gasteiger partial charge is 0.380 e. The fraction of sp³-hybridized carbons (Fsp3) is 0.588. The Labute approximate surface area is 156 Å². The first-order valence-corrected chi connectivity index (χ1v) is 7.96. The summed E-state index contributed by atoms with van der Waals surface area (Å²) in [6, 6.07) is 6.40. The summed E-state index contributed by atoms with van der Waals surface area (Å²) in [5.41, 5.74) is 0.979. The monoisotopic (exact) mass is 437 g/mol. The third kappa shape index (κ3) is 11.3. The van der Waals surface area contributed by atoms with Gasteiger partial charge in [0.2, 0.25) is 0 Å². The average molecular weight is 437 g/mol. The van der Waals surface area contributed by atoms with Gasteiger partial charge in [0, 0.05) is 19.7 Å². The van der Waals surface area contributed by atoms with Crippen molar-refractivity contribution in [1.29, 1.82) is 0 Å². The van der Waals surface area contributed by atoms with E-state index in [0.717, 1.165) is 31.1 Å². The SMILES string of the molecule is CCNC(=NCc1ccc(F)cc1)NCCOCCC(C)C.I. The normalized spacial score (nSPS) is 11.3. The summed E-state index contributed by atoms with van der Waals surface area (Å²) < 4.78 is 18.4. The van der Waals surface area contributed by atoms with E-state index < -0.39 is 0 Å². The number of rotatable bonds is 9. The van der Waals surface area contributed by atoms with Gasteiger partial charge in [-0.1, -0.05) is 26.0 Å². The van der Waals surface area contributed by atoms with E-state index in [2.05, 4.69) is 29.5 Å². The third-order valence-corrected chi connectivity index (χ3v) is 3.06. The van der Waals surface area contributed by atoms with Gasteiger partial charge in [-0.15, -0.1) is 24.0 Å². The third-order valence-electron chi connectivity index (χ3n) is 3.06. The number of ether oxygens (including phenoxy) is 1. The maximum absolute atomic E-state index is 12.9. The minimum absolute atomic E-state index is 0. The van der Waals surface area contributed by atoms with Crippen LogP contribution in [0.2, 0.25) is 0 Å². The zero-order valence-corrected chi connectivity index (χ0v) is 16.6. The summed E-state index contributed by atoms with van der Waals surface area (Å²) in [5.74, 6) is 1.19. The van der Waals surface area contributed by atoms with Crippen molar-refractivity contribution >= 4 is 29.9 Å². The summed E-state index contributed by atoms with van der Waals surface area (Å²) in [7, 11) is 0. The second-order valence-electron chi connectivity index (χ2n) is 5.54. The van der Waals surface area contributed by atoms with Crippen LogP contribution in [-0.2, 0) is 11.3 Å². The van der Waals surface area contributed by atoms with E-state index in [9.17, 15) is 4.39 Å². The molecular formula is C17H29FIN3O. The van der Waals surface area contributed by atoms with Crippen LogP contribution in [-0.4, -0.2) is 32.3 Å². The molecule has 1 rings (SSSR count). The van der Waals surface area contributed by atoms with Crippen molar-refractivity contribution in [2.75, 3.05) is 26.3 Å². The predicted molar refractivity (Wildman–Crippen MR) is 105 cm³/mol. The van der Waals surface area contributed by atoms with Gasteiger partial charge in [0.25, 0.3) is 0 Å². The van der Waals surface area contributed by atoms with E-state index in [-0.39, 0.29) is 29.8 Å². The second-order valence-corrected chi connectivity index (χ2v) is 5.54. The number of hydrogen-bond acceptors (Lipinski definition) is 2. The molecule has 0 aromatic heterocycles. The Hall–Kier alpha value is -0.890. The molecule has 0 aliphatic carbocycles. The van der Waals surface area contributed by atoms with Crippen molar-refractivity contribution in [2.24, 2.45) is 10.9 Å². The van der Waals surface area contributed by atoms with Crippen LogP contribution in [0.4, 0.5) is 4.39 Å². The lowest BCUT2D eigenvalue weighted by molar-refractivity contribution is 0.128. The molecule has 0 aliphatic heterocycles. The van der Waals surface area contributed by atoms with E-state index >= 15 is 0 Å². The molecule has 0 amide bonds. The van der Waals surface area contributed by atoms with Gasteiger partial charge in [-0.25, -0.2) is 9.38 Å². The molecule has 0 aliphatic rings. The lowest BCUT2D eigenvalue weighted by Crippen LogP contribution is -2.39. The van der Waals surface area contributed by atoms with Gasteiger partial charge in [-0.05, 0) is 37.0 Å². The zero-order valence-electron chi connectivity index (χ0n) is 14.3. The maximum atomic E-state index is 12.9. The molecule has 0 spiro atoms.